The number of carboxylic acids is 1. The first kappa shape index (κ1) is 19.9. The zero-order chi connectivity index (χ0) is 19.8. The summed E-state index contributed by atoms with van der Waals surface area (Å²) >= 11 is 0. The molecule has 5 heteroatoms. The van der Waals surface area contributed by atoms with E-state index in [4.69, 9.17) is 4.74 Å². The summed E-state index contributed by atoms with van der Waals surface area (Å²) in [5.74, 6) is -1.27. The monoisotopic (exact) mass is 381 g/mol. The number of carboxylic acid groups (broad SMARTS) is 1. The van der Waals surface area contributed by atoms with E-state index in [0.29, 0.717) is 26.0 Å². The normalized spacial score (nSPS) is 19.0. The minimum absolute atomic E-state index is 0.164. The lowest BCUT2D eigenvalue weighted by Crippen LogP contribution is -2.39. The van der Waals surface area contributed by atoms with E-state index in [0.717, 1.165) is 30.6 Å². The van der Waals surface area contributed by atoms with E-state index in [-0.39, 0.29) is 5.91 Å². The molecule has 0 aliphatic heterocycles. The van der Waals surface area contributed by atoms with Gasteiger partial charge in [0.25, 0.3) is 0 Å². The summed E-state index contributed by atoms with van der Waals surface area (Å²) in [4.78, 5) is 23.9. The van der Waals surface area contributed by atoms with Gasteiger partial charge in [0.1, 0.15) is 5.75 Å². The van der Waals surface area contributed by atoms with E-state index in [9.17, 15) is 14.7 Å². The van der Waals surface area contributed by atoms with Crippen molar-refractivity contribution in [2.75, 3.05) is 6.61 Å². The first-order valence-electron chi connectivity index (χ1n) is 9.89. The van der Waals surface area contributed by atoms with Crippen molar-refractivity contribution in [3.63, 3.8) is 0 Å². The van der Waals surface area contributed by atoms with Gasteiger partial charge in [-0.1, -0.05) is 55.3 Å². The largest absolute Gasteiger partial charge is 0.493 e. The van der Waals surface area contributed by atoms with Crippen LogP contribution in [0.5, 0.6) is 5.75 Å². The van der Waals surface area contributed by atoms with E-state index >= 15 is 0 Å². The van der Waals surface area contributed by atoms with Crippen LogP contribution in [0.2, 0.25) is 0 Å². The molecule has 2 unspecified atom stereocenters. The Bertz CT molecular complexity index is 790. The molecular weight excluding hydrogens is 354 g/mol. The molecule has 2 atom stereocenters. The molecule has 0 bridgehead atoms. The van der Waals surface area contributed by atoms with Crippen LogP contribution in [-0.4, -0.2) is 23.6 Å². The second-order valence-corrected chi connectivity index (χ2v) is 7.28. The number of aliphatic carboxylic acids is 1. The number of rotatable bonds is 8. The molecule has 1 amide bonds. The van der Waals surface area contributed by atoms with Gasteiger partial charge in [-0.3, -0.25) is 9.59 Å². The Morgan fingerprint density at radius 3 is 2.43 bits per heavy atom. The number of nitrogens with one attached hydrogen (secondary N) is 1. The Labute approximate surface area is 165 Å². The molecule has 1 fully saturated rings. The Balaban J connectivity index is 1.50. The summed E-state index contributed by atoms with van der Waals surface area (Å²) < 4.78 is 5.83. The van der Waals surface area contributed by atoms with Gasteiger partial charge in [0.2, 0.25) is 5.91 Å². The fourth-order valence-electron chi connectivity index (χ4n) is 3.74. The van der Waals surface area contributed by atoms with Crippen molar-refractivity contribution in [2.45, 2.75) is 38.6 Å². The van der Waals surface area contributed by atoms with E-state index in [1.54, 1.807) is 0 Å². The van der Waals surface area contributed by atoms with Gasteiger partial charge in [0, 0.05) is 13.0 Å². The maximum Gasteiger partial charge on any atom is 0.307 e. The molecule has 1 aliphatic carbocycles. The van der Waals surface area contributed by atoms with Crippen molar-refractivity contribution < 1.29 is 19.4 Å². The van der Waals surface area contributed by atoms with Crippen molar-refractivity contribution in [2.24, 2.45) is 11.8 Å². The van der Waals surface area contributed by atoms with Crippen LogP contribution in [0, 0.1) is 11.8 Å². The molecule has 1 aliphatic rings. The topological polar surface area (TPSA) is 75.6 Å². The molecule has 2 aromatic carbocycles. The van der Waals surface area contributed by atoms with Crippen LogP contribution in [0.25, 0.3) is 0 Å². The maximum absolute atomic E-state index is 12.5. The number of hydrogen-bond donors (Lipinski definition) is 2. The standard InChI is InChI=1S/C23H27NO4/c25-22(20-11-4-5-12-21(20)23(26)27)24-16-18-9-6-10-19(15-18)28-14-13-17-7-2-1-3-8-17/h1-3,6-10,15,20-21H,4-5,11-14,16H2,(H,24,25)(H,26,27). The SMILES string of the molecule is O=C(O)C1CCCCC1C(=O)NCc1cccc(OCCc2ccccc2)c1. The zero-order valence-corrected chi connectivity index (χ0v) is 16.0. The average Bonchev–Trinajstić information content (AvgIpc) is 2.73. The molecule has 3 rings (SSSR count). The molecule has 0 spiro atoms. The van der Waals surface area contributed by atoms with Gasteiger partial charge >= 0.3 is 5.97 Å². The highest BCUT2D eigenvalue weighted by Crippen LogP contribution is 2.30. The Morgan fingerprint density at radius 1 is 0.964 bits per heavy atom. The lowest BCUT2D eigenvalue weighted by Gasteiger charge is -2.27. The van der Waals surface area contributed by atoms with Crippen LogP contribution in [-0.2, 0) is 22.6 Å². The molecule has 2 N–H and O–H groups in total. The van der Waals surface area contributed by atoms with E-state index < -0.39 is 17.8 Å². The van der Waals surface area contributed by atoms with Crippen LogP contribution in [0.1, 0.15) is 36.8 Å². The summed E-state index contributed by atoms with van der Waals surface area (Å²) in [7, 11) is 0. The van der Waals surface area contributed by atoms with Crippen molar-refractivity contribution >= 4 is 11.9 Å². The average molecular weight is 381 g/mol. The van der Waals surface area contributed by atoms with E-state index in [1.807, 2.05) is 42.5 Å². The zero-order valence-electron chi connectivity index (χ0n) is 16.0. The maximum atomic E-state index is 12.5. The third kappa shape index (κ3) is 5.59. The van der Waals surface area contributed by atoms with Gasteiger partial charge in [0.05, 0.1) is 18.4 Å². The summed E-state index contributed by atoms with van der Waals surface area (Å²) in [6, 6.07) is 17.8. The molecule has 0 heterocycles. The van der Waals surface area contributed by atoms with Crippen LogP contribution in [0.3, 0.4) is 0 Å². The molecule has 5 nitrogen and oxygen atoms in total. The number of hydrogen-bond acceptors (Lipinski definition) is 3. The predicted molar refractivity (Wildman–Crippen MR) is 107 cm³/mol. The first-order valence-corrected chi connectivity index (χ1v) is 9.89. The van der Waals surface area contributed by atoms with Gasteiger partial charge in [-0.05, 0) is 36.1 Å². The van der Waals surface area contributed by atoms with Crippen molar-refractivity contribution in [3.8, 4) is 5.75 Å². The molecular formula is C23H27NO4. The summed E-state index contributed by atoms with van der Waals surface area (Å²) in [6.45, 7) is 0.958. The summed E-state index contributed by atoms with van der Waals surface area (Å²) in [6.07, 6.45) is 3.85. The molecule has 28 heavy (non-hydrogen) atoms. The first-order chi connectivity index (χ1) is 13.6. The van der Waals surface area contributed by atoms with Gasteiger partial charge in [0.15, 0.2) is 0 Å². The van der Waals surface area contributed by atoms with Gasteiger partial charge in [-0.15, -0.1) is 0 Å². The van der Waals surface area contributed by atoms with Crippen LogP contribution in [0.15, 0.2) is 54.6 Å². The van der Waals surface area contributed by atoms with Crippen molar-refractivity contribution in [3.05, 3.63) is 65.7 Å². The third-order valence-corrected chi connectivity index (χ3v) is 5.29. The Hall–Kier alpha value is -2.82. The van der Waals surface area contributed by atoms with E-state index in [2.05, 4.69) is 17.4 Å². The second-order valence-electron chi connectivity index (χ2n) is 7.28. The van der Waals surface area contributed by atoms with Crippen LogP contribution in [0.4, 0.5) is 0 Å². The van der Waals surface area contributed by atoms with Gasteiger partial charge in [-0.2, -0.15) is 0 Å². The van der Waals surface area contributed by atoms with Crippen molar-refractivity contribution in [1.29, 1.82) is 0 Å². The molecule has 1 saturated carbocycles. The van der Waals surface area contributed by atoms with E-state index in [1.165, 1.54) is 5.56 Å². The molecule has 2 aromatic rings. The number of amides is 1. The molecule has 148 valence electrons. The highest BCUT2D eigenvalue weighted by molar-refractivity contribution is 5.84. The fourth-order valence-corrected chi connectivity index (χ4v) is 3.74. The van der Waals surface area contributed by atoms with Gasteiger partial charge < -0.3 is 15.2 Å². The predicted octanol–water partition coefficient (Wildman–Crippen LogP) is 3.82. The lowest BCUT2D eigenvalue weighted by atomic mass is 9.78. The van der Waals surface area contributed by atoms with Crippen LogP contribution < -0.4 is 10.1 Å². The highest BCUT2D eigenvalue weighted by atomic mass is 16.5. The number of carbonyl (C=O) groups is 2. The number of benzene rings is 2. The highest BCUT2D eigenvalue weighted by Gasteiger charge is 2.35. The molecule has 0 saturated heterocycles. The second kappa shape index (κ2) is 9.93. The smallest absolute Gasteiger partial charge is 0.307 e. The Kier molecular flexibility index (Phi) is 7.06. The number of ether oxygens (including phenoxy) is 1. The van der Waals surface area contributed by atoms with Crippen molar-refractivity contribution in [1.82, 2.24) is 5.32 Å². The number of carbonyl (C=O) groups excluding carboxylic acids is 1. The summed E-state index contributed by atoms with van der Waals surface area (Å²) in [5.41, 5.74) is 2.17. The summed E-state index contributed by atoms with van der Waals surface area (Å²) in [5, 5.41) is 12.3. The Morgan fingerprint density at radius 2 is 1.68 bits per heavy atom. The minimum Gasteiger partial charge on any atom is -0.493 e. The van der Waals surface area contributed by atoms with Crippen LogP contribution >= 0.6 is 0 Å². The lowest BCUT2D eigenvalue weighted by molar-refractivity contribution is -0.148. The minimum atomic E-state index is -0.867. The molecule has 0 radical (unpaired) electrons. The third-order valence-electron chi connectivity index (χ3n) is 5.29. The van der Waals surface area contributed by atoms with Gasteiger partial charge in [-0.25, -0.2) is 0 Å². The fraction of sp³-hybridized carbons (Fsp3) is 0.391. The quantitative estimate of drug-likeness (QED) is 0.729. The molecule has 0 aromatic heterocycles.